The molecule has 0 radical (unpaired) electrons. The minimum atomic E-state index is -2.28. The van der Waals surface area contributed by atoms with E-state index in [4.69, 9.17) is 9.47 Å². The number of halogens is 5. The Labute approximate surface area is 136 Å². The molecule has 2 aromatic carbocycles. The lowest BCUT2D eigenvalue weighted by molar-refractivity contribution is 0.0954. The third-order valence-electron chi connectivity index (χ3n) is 3.24. The second-order valence-electron chi connectivity index (χ2n) is 4.75. The summed E-state index contributed by atoms with van der Waals surface area (Å²) < 4.78 is 76.0. The first-order chi connectivity index (χ1) is 11.9. The lowest BCUT2D eigenvalue weighted by Gasteiger charge is -2.04. The van der Waals surface area contributed by atoms with Crippen LogP contribution in [0, 0.1) is 29.1 Å². The number of hydrogen-bond donors (Lipinski definition) is 1. The van der Waals surface area contributed by atoms with Crippen LogP contribution >= 0.6 is 0 Å². The van der Waals surface area contributed by atoms with E-state index in [9.17, 15) is 26.7 Å². The number of hydrogen-bond acceptors (Lipinski definition) is 4. The number of rotatable bonds is 3. The Bertz CT molecular complexity index is 872. The Hall–Kier alpha value is -3.17. The van der Waals surface area contributed by atoms with E-state index in [2.05, 4.69) is 5.10 Å². The van der Waals surface area contributed by atoms with E-state index in [0.29, 0.717) is 17.7 Å². The molecule has 0 unspecified atom stereocenters. The molecule has 1 aliphatic rings. The highest BCUT2D eigenvalue weighted by Gasteiger charge is 2.24. The van der Waals surface area contributed by atoms with Crippen molar-refractivity contribution in [1.82, 2.24) is 5.43 Å². The highest BCUT2D eigenvalue weighted by molar-refractivity contribution is 5.95. The van der Waals surface area contributed by atoms with Crippen molar-refractivity contribution >= 4 is 12.1 Å². The maximum atomic E-state index is 13.4. The lowest BCUT2D eigenvalue weighted by atomic mass is 10.2. The Kier molecular flexibility index (Phi) is 4.26. The van der Waals surface area contributed by atoms with E-state index >= 15 is 0 Å². The zero-order chi connectivity index (χ0) is 18.1. The van der Waals surface area contributed by atoms with Crippen LogP contribution in [-0.2, 0) is 0 Å². The molecule has 0 aromatic heterocycles. The number of benzene rings is 2. The summed E-state index contributed by atoms with van der Waals surface area (Å²) in [6.45, 7) is -0.00118. The van der Waals surface area contributed by atoms with E-state index in [1.165, 1.54) is 18.2 Å². The van der Waals surface area contributed by atoms with Gasteiger partial charge in [0.1, 0.15) is 0 Å². The highest BCUT2D eigenvalue weighted by Crippen LogP contribution is 2.32. The molecule has 3 rings (SSSR count). The van der Waals surface area contributed by atoms with Crippen LogP contribution in [0.3, 0.4) is 0 Å². The van der Waals surface area contributed by atoms with Crippen LogP contribution in [0.15, 0.2) is 23.3 Å². The maximum Gasteiger partial charge on any atom is 0.271 e. The van der Waals surface area contributed by atoms with Crippen molar-refractivity contribution < 1.29 is 36.2 Å². The number of hydrazone groups is 1. The number of fused-ring (bicyclic) bond motifs is 1. The molecule has 130 valence electrons. The summed E-state index contributed by atoms with van der Waals surface area (Å²) in [4.78, 5) is 11.9. The van der Waals surface area contributed by atoms with Crippen molar-refractivity contribution in [3.05, 3.63) is 58.4 Å². The summed E-state index contributed by atoms with van der Waals surface area (Å²) in [6, 6.07) is 4.17. The average molecular weight is 358 g/mol. The fourth-order valence-electron chi connectivity index (χ4n) is 1.99. The molecule has 0 aliphatic carbocycles. The van der Waals surface area contributed by atoms with Crippen LogP contribution in [0.1, 0.15) is 15.9 Å². The predicted molar refractivity (Wildman–Crippen MR) is 73.9 cm³/mol. The predicted octanol–water partition coefficient (Wildman–Crippen LogP) is 2.87. The summed E-state index contributed by atoms with van der Waals surface area (Å²) >= 11 is 0. The van der Waals surface area contributed by atoms with E-state index < -0.39 is 40.6 Å². The van der Waals surface area contributed by atoms with Gasteiger partial charge in [0.15, 0.2) is 34.8 Å². The third-order valence-corrected chi connectivity index (χ3v) is 3.24. The Morgan fingerprint density at radius 3 is 2.24 bits per heavy atom. The van der Waals surface area contributed by atoms with Crippen molar-refractivity contribution in [3.63, 3.8) is 0 Å². The molecule has 1 amide bonds. The number of carbonyl (C=O) groups excluding carboxylic acids is 1. The van der Waals surface area contributed by atoms with Gasteiger partial charge in [0, 0.05) is 5.56 Å². The maximum absolute atomic E-state index is 13.4. The van der Waals surface area contributed by atoms with Gasteiger partial charge in [0.2, 0.25) is 12.6 Å². The summed E-state index contributed by atoms with van der Waals surface area (Å²) in [5.41, 5.74) is 0.715. The van der Waals surface area contributed by atoms with Gasteiger partial charge in [0.05, 0.1) is 11.8 Å². The summed E-state index contributed by atoms with van der Waals surface area (Å²) in [7, 11) is 0. The zero-order valence-corrected chi connectivity index (χ0v) is 12.1. The second kappa shape index (κ2) is 6.38. The van der Waals surface area contributed by atoms with Gasteiger partial charge in [-0.3, -0.25) is 4.79 Å². The standard InChI is InChI=1S/C15H7F5N2O3/c16-10-7(11(17)13(19)14(20)12(10)18)4-21-22-15(23)6-1-2-8-9(3-6)25-5-24-8/h1-4H,5H2,(H,22,23)/b21-4-. The second-order valence-corrected chi connectivity index (χ2v) is 4.75. The normalized spacial score (nSPS) is 12.7. The van der Waals surface area contributed by atoms with Gasteiger partial charge < -0.3 is 9.47 Å². The van der Waals surface area contributed by atoms with Crippen LogP contribution in [-0.4, -0.2) is 18.9 Å². The third kappa shape index (κ3) is 2.97. The van der Waals surface area contributed by atoms with Crippen molar-refractivity contribution in [2.24, 2.45) is 5.10 Å². The summed E-state index contributed by atoms with van der Waals surface area (Å²) in [5.74, 6) is -10.7. The Morgan fingerprint density at radius 1 is 0.960 bits per heavy atom. The molecule has 0 saturated heterocycles. The lowest BCUT2D eigenvalue weighted by Crippen LogP contribution is -2.18. The van der Waals surface area contributed by atoms with E-state index in [-0.39, 0.29) is 12.4 Å². The number of nitrogens with one attached hydrogen (secondary N) is 1. The van der Waals surface area contributed by atoms with Crippen molar-refractivity contribution in [2.75, 3.05) is 6.79 Å². The van der Waals surface area contributed by atoms with Gasteiger partial charge in [-0.05, 0) is 18.2 Å². The first-order valence-corrected chi connectivity index (χ1v) is 6.64. The van der Waals surface area contributed by atoms with E-state index in [1.807, 2.05) is 5.43 Å². The molecule has 0 bridgehead atoms. The Morgan fingerprint density at radius 2 is 1.56 bits per heavy atom. The average Bonchev–Trinajstić information content (AvgIpc) is 3.08. The van der Waals surface area contributed by atoms with Gasteiger partial charge in [0.25, 0.3) is 5.91 Å². The first-order valence-electron chi connectivity index (χ1n) is 6.64. The molecule has 25 heavy (non-hydrogen) atoms. The fourth-order valence-corrected chi connectivity index (χ4v) is 1.99. The number of ether oxygens (including phenoxy) is 2. The van der Waals surface area contributed by atoms with Crippen molar-refractivity contribution in [1.29, 1.82) is 0 Å². The summed E-state index contributed by atoms with van der Waals surface area (Å²) in [5, 5.41) is 3.21. The minimum Gasteiger partial charge on any atom is -0.454 e. The van der Waals surface area contributed by atoms with E-state index in [0.717, 1.165) is 0 Å². The Balaban J connectivity index is 1.79. The molecule has 2 aromatic rings. The van der Waals surface area contributed by atoms with Crippen molar-refractivity contribution in [2.45, 2.75) is 0 Å². The van der Waals surface area contributed by atoms with E-state index in [1.54, 1.807) is 0 Å². The van der Waals surface area contributed by atoms with Crippen LogP contribution < -0.4 is 14.9 Å². The summed E-state index contributed by atoms with van der Waals surface area (Å²) in [6.07, 6.45) is 0.321. The van der Waals surface area contributed by atoms with Crippen LogP contribution in [0.4, 0.5) is 22.0 Å². The fraction of sp³-hybridized carbons (Fsp3) is 0.0667. The monoisotopic (exact) mass is 358 g/mol. The molecule has 0 fully saturated rings. The molecule has 1 heterocycles. The minimum absolute atomic E-state index is 0.00118. The van der Waals surface area contributed by atoms with Crippen LogP contribution in [0.25, 0.3) is 0 Å². The highest BCUT2D eigenvalue weighted by atomic mass is 19.2. The smallest absolute Gasteiger partial charge is 0.271 e. The van der Waals surface area contributed by atoms with Gasteiger partial charge in [-0.25, -0.2) is 27.4 Å². The topological polar surface area (TPSA) is 59.9 Å². The number of nitrogens with zero attached hydrogens (tertiary/aromatic N) is 1. The quantitative estimate of drug-likeness (QED) is 0.302. The zero-order valence-electron chi connectivity index (χ0n) is 12.1. The van der Waals surface area contributed by atoms with Crippen molar-refractivity contribution in [3.8, 4) is 11.5 Å². The van der Waals surface area contributed by atoms with Crippen LogP contribution in [0.2, 0.25) is 0 Å². The van der Waals surface area contributed by atoms with Gasteiger partial charge in [-0.2, -0.15) is 5.10 Å². The van der Waals surface area contributed by atoms with Crippen LogP contribution in [0.5, 0.6) is 11.5 Å². The molecule has 0 spiro atoms. The van der Waals surface area contributed by atoms with Gasteiger partial charge in [-0.15, -0.1) is 0 Å². The molecular weight excluding hydrogens is 351 g/mol. The molecule has 10 heteroatoms. The number of amides is 1. The largest absolute Gasteiger partial charge is 0.454 e. The molecule has 1 N–H and O–H groups in total. The molecule has 5 nitrogen and oxygen atoms in total. The molecule has 0 atom stereocenters. The number of carbonyl (C=O) groups is 1. The molecule has 1 aliphatic heterocycles. The first kappa shape index (κ1) is 16.7. The van der Waals surface area contributed by atoms with Gasteiger partial charge >= 0.3 is 0 Å². The van der Waals surface area contributed by atoms with Gasteiger partial charge in [-0.1, -0.05) is 0 Å². The molecule has 0 saturated carbocycles. The SMILES string of the molecule is O=C(N/N=C\c1c(F)c(F)c(F)c(F)c1F)c1ccc2c(c1)OCO2. The molecular formula is C15H7F5N2O3.